The molecule has 0 heterocycles. The van der Waals surface area contributed by atoms with Crippen molar-refractivity contribution in [1.29, 1.82) is 0 Å². The van der Waals surface area contributed by atoms with Gasteiger partial charge in [0, 0.05) is 17.6 Å². The minimum Gasteiger partial charge on any atom is -0.352 e. The maximum absolute atomic E-state index is 13.6. The van der Waals surface area contributed by atoms with Gasteiger partial charge in [-0.3, -0.25) is 13.9 Å². The Bertz CT molecular complexity index is 1150. The number of hydrogen-bond acceptors (Lipinski definition) is 4. The first-order chi connectivity index (χ1) is 16.6. The zero-order valence-electron chi connectivity index (χ0n) is 19.9. The molecule has 1 fully saturated rings. The summed E-state index contributed by atoms with van der Waals surface area (Å²) in [5.74, 6) is -0.817. The molecule has 35 heavy (non-hydrogen) atoms. The Kier molecular flexibility index (Phi) is 9.44. The molecule has 1 aliphatic carbocycles. The van der Waals surface area contributed by atoms with Gasteiger partial charge >= 0.3 is 0 Å². The monoisotopic (exact) mass is 539 g/mol. The van der Waals surface area contributed by atoms with E-state index in [1.807, 2.05) is 0 Å². The van der Waals surface area contributed by atoms with Crippen molar-refractivity contribution in [2.75, 3.05) is 17.1 Å². The molecule has 1 atom stereocenters. The molecular formula is C25H31Cl2N3O4S. The number of nitrogens with zero attached hydrogens (tertiary/aromatic N) is 2. The van der Waals surface area contributed by atoms with Crippen molar-refractivity contribution in [2.24, 2.45) is 0 Å². The Labute approximate surface area is 217 Å². The summed E-state index contributed by atoms with van der Waals surface area (Å²) in [4.78, 5) is 28.1. The predicted molar refractivity (Wildman–Crippen MR) is 140 cm³/mol. The fourth-order valence-electron chi connectivity index (χ4n) is 4.21. The molecule has 1 N–H and O–H groups in total. The molecule has 7 nitrogen and oxygen atoms in total. The van der Waals surface area contributed by atoms with E-state index in [9.17, 15) is 18.0 Å². The second kappa shape index (κ2) is 12.1. The molecular weight excluding hydrogens is 509 g/mol. The molecule has 1 aliphatic rings. The highest BCUT2D eigenvalue weighted by Gasteiger charge is 2.32. The van der Waals surface area contributed by atoms with Crippen molar-refractivity contribution in [1.82, 2.24) is 10.2 Å². The van der Waals surface area contributed by atoms with E-state index in [1.54, 1.807) is 49.4 Å². The topological polar surface area (TPSA) is 86.8 Å². The highest BCUT2D eigenvalue weighted by Crippen LogP contribution is 2.28. The predicted octanol–water partition coefficient (Wildman–Crippen LogP) is 4.63. The van der Waals surface area contributed by atoms with E-state index in [4.69, 9.17) is 23.2 Å². The lowest BCUT2D eigenvalue weighted by Gasteiger charge is -2.33. The van der Waals surface area contributed by atoms with Gasteiger partial charge in [0.05, 0.1) is 17.0 Å². The molecule has 0 bridgehead atoms. The van der Waals surface area contributed by atoms with Gasteiger partial charge in [0.2, 0.25) is 21.8 Å². The third-order valence-corrected chi connectivity index (χ3v) is 8.03. The summed E-state index contributed by atoms with van der Waals surface area (Å²) >= 11 is 12.6. The molecule has 0 saturated heterocycles. The second-order valence-electron chi connectivity index (χ2n) is 8.85. The molecule has 0 unspecified atom stereocenters. The standard InChI is InChI=1S/C25H31Cl2N3O4S/c1-18(25(32)28-20-11-4-3-5-12-20)29(16-19-10-6-7-13-21(19)26)24(31)17-30(35(2,33)34)23-15-9-8-14-22(23)27/h6-10,13-15,18,20H,3-5,11-12,16-17H2,1-2H3,(H,28,32)/t18-/m1/s1. The van der Waals surface area contributed by atoms with Gasteiger partial charge in [0.1, 0.15) is 12.6 Å². The summed E-state index contributed by atoms with van der Waals surface area (Å²) in [6, 6.07) is 12.7. The van der Waals surface area contributed by atoms with Crippen LogP contribution in [0.25, 0.3) is 0 Å². The summed E-state index contributed by atoms with van der Waals surface area (Å²) in [7, 11) is -3.84. The Hall–Kier alpha value is -2.29. The van der Waals surface area contributed by atoms with E-state index < -0.39 is 28.5 Å². The van der Waals surface area contributed by atoms with Crippen LogP contribution < -0.4 is 9.62 Å². The number of hydrogen-bond donors (Lipinski definition) is 1. The minimum atomic E-state index is -3.84. The smallest absolute Gasteiger partial charge is 0.244 e. The molecule has 0 aliphatic heterocycles. The van der Waals surface area contributed by atoms with E-state index in [1.165, 1.54) is 11.0 Å². The number of carbonyl (C=O) groups is 2. The van der Waals surface area contributed by atoms with Gasteiger partial charge in [-0.25, -0.2) is 8.42 Å². The minimum absolute atomic E-state index is 0.0535. The van der Waals surface area contributed by atoms with Crippen molar-refractivity contribution in [3.63, 3.8) is 0 Å². The maximum atomic E-state index is 13.6. The zero-order chi connectivity index (χ0) is 25.6. The molecule has 1 saturated carbocycles. The summed E-state index contributed by atoms with van der Waals surface area (Å²) in [6.07, 6.45) is 6.10. The highest BCUT2D eigenvalue weighted by molar-refractivity contribution is 7.92. The van der Waals surface area contributed by atoms with Crippen LogP contribution in [0, 0.1) is 0 Å². The van der Waals surface area contributed by atoms with Crippen LogP contribution in [0.4, 0.5) is 5.69 Å². The maximum Gasteiger partial charge on any atom is 0.244 e. The molecule has 0 radical (unpaired) electrons. The van der Waals surface area contributed by atoms with Crippen molar-refractivity contribution in [3.8, 4) is 0 Å². The Morgan fingerprint density at radius 3 is 2.20 bits per heavy atom. The lowest BCUT2D eigenvalue weighted by atomic mass is 9.95. The van der Waals surface area contributed by atoms with Gasteiger partial charge in [-0.05, 0) is 43.5 Å². The quantitative estimate of drug-likeness (QED) is 0.503. The first-order valence-corrected chi connectivity index (χ1v) is 14.2. The summed E-state index contributed by atoms with van der Waals surface area (Å²) in [5.41, 5.74) is 0.852. The fraction of sp³-hybridized carbons (Fsp3) is 0.440. The molecule has 0 spiro atoms. The number of rotatable bonds is 9. The van der Waals surface area contributed by atoms with E-state index in [0.29, 0.717) is 10.6 Å². The summed E-state index contributed by atoms with van der Waals surface area (Å²) < 4.78 is 26.2. The summed E-state index contributed by atoms with van der Waals surface area (Å²) in [5, 5.41) is 3.72. The van der Waals surface area contributed by atoms with Crippen molar-refractivity contribution < 1.29 is 18.0 Å². The van der Waals surface area contributed by atoms with Crippen molar-refractivity contribution in [2.45, 2.75) is 57.7 Å². The highest BCUT2D eigenvalue weighted by atomic mass is 35.5. The van der Waals surface area contributed by atoms with E-state index in [-0.39, 0.29) is 29.2 Å². The van der Waals surface area contributed by atoms with Gasteiger partial charge in [0.15, 0.2) is 0 Å². The number of halogens is 2. The number of sulfonamides is 1. The molecule has 0 aromatic heterocycles. The number of benzene rings is 2. The number of carbonyl (C=O) groups excluding carboxylic acids is 2. The molecule has 2 aromatic carbocycles. The van der Waals surface area contributed by atoms with Crippen LogP contribution in [0.1, 0.15) is 44.6 Å². The van der Waals surface area contributed by atoms with E-state index >= 15 is 0 Å². The van der Waals surface area contributed by atoms with Crippen LogP contribution >= 0.6 is 23.2 Å². The first-order valence-electron chi connectivity index (χ1n) is 11.6. The number of para-hydroxylation sites is 1. The van der Waals surface area contributed by atoms with Crippen LogP contribution in [-0.4, -0.2) is 50.0 Å². The average molecular weight is 541 g/mol. The van der Waals surface area contributed by atoms with E-state index in [2.05, 4.69) is 5.32 Å². The Morgan fingerprint density at radius 1 is 1.00 bits per heavy atom. The largest absolute Gasteiger partial charge is 0.352 e. The zero-order valence-corrected chi connectivity index (χ0v) is 22.2. The molecule has 2 aromatic rings. The summed E-state index contributed by atoms with van der Waals surface area (Å²) in [6.45, 7) is 1.19. The van der Waals surface area contributed by atoms with Gasteiger partial charge in [-0.15, -0.1) is 0 Å². The Balaban J connectivity index is 1.89. The normalized spacial score (nSPS) is 15.3. The molecule has 10 heteroatoms. The second-order valence-corrected chi connectivity index (χ2v) is 11.6. The number of nitrogens with one attached hydrogen (secondary N) is 1. The average Bonchev–Trinajstić information content (AvgIpc) is 2.82. The van der Waals surface area contributed by atoms with Crippen LogP contribution in [0.3, 0.4) is 0 Å². The first kappa shape index (κ1) is 27.3. The van der Waals surface area contributed by atoms with E-state index in [0.717, 1.165) is 42.7 Å². The van der Waals surface area contributed by atoms with Gasteiger partial charge < -0.3 is 10.2 Å². The lowest BCUT2D eigenvalue weighted by Crippen LogP contribution is -2.53. The molecule has 2 amide bonds. The fourth-order valence-corrected chi connectivity index (χ4v) is 5.56. The van der Waals surface area contributed by atoms with Gasteiger partial charge in [-0.1, -0.05) is 72.8 Å². The Morgan fingerprint density at radius 2 is 1.60 bits per heavy atom. The van der Waals surface area contributed by atoms with Crippen molar-refractivity contribution >= 4 is 50.7 Å². The molecule has 3 rings (SSSR count). The third-order valence-electron chi connectivity index (χ3n) is 6.22. The van der Waals surface area contributed by atoms with Crippen LogP contribution in [0.5, 0.6) is 0 Å². The number of anilines is 1. The van der Waals surface area contributed by atoms with Crippen molar-refractivity contribution in [3.05, 3.63) is 64.1 Å². The van der Waals surface area contributed by atoms with Gasteiger partial charge in [-0.2, -0.15) is 0 Å². The number of amides is 2. The van der Waals surface area contributed by atoms with Gasteiger partial charge in [0.25, 0.3) is 0 Å². The van der Waals surface area contributed by atoms with Crippen LogP contribution in [0.15, 0.2) is 48.5 Å². The van der Waals surface area contributed by atoms with Crippen LogP contribution in [0.2, 0.25) is 10.0 Å². The van der Waals surface area contributed by atoms with Crippen LogP contribution in [-0.2, 0) is 26.2 Å². The SMILES string of the molecule is C[C@H](C(=O)NC1CCCCC1)N(Cc1ccccc1Cl)C(=O)CN(c1ccccc1Cl)S(C)(=O)=O. The molecule has 190 valence electrons. The lowest BCUT2D eigenvalue weighted by molar-refractivity contribution is -0.139. The third kappa shape index (κ3) is 7.35.